The van der Waals surface area contributed by atoms with E-state index in [2.05, 4.69) is 36.7 Å². The Bertz CT molecular complexity index is 294. The van der Waals surface area contributed by atoms with Gasteiger partial charge in [0.05, 0.1) is 0 Å². The van der Waals surface area contributed by atoms with Crippen LogP contribution in [0, 0.1) is 11.8 Å². The lowest BCUT2D eigenvalue weighted by molar-refractivity contribution is 0.243. The standard InChI is InChI=1S/C14H23NS/c1-11-6-3-4-7-13(11)10-15-12(2)14-8-5-9-16-14/h5,8-9,11-13,15H,3-4,6-7,10H2,1-2H3. The number of thiophene rings is 1. The van der Waals surface area contributed by atoms with Gasteiger partial charge < -0.3 is 5.32 Å². The first kappa shape index (κ1) is 12.1. The van der Waals surface area contributed by atoms with Crippen molar-refractivity contribution in [1.29, 1.82) is 0 Å². The molecule has 0 amide bonds. The minimum atomic E-state index is 0.522. The third-order valence-electron chi connectivity index (χ3n) is 3.95. The van der Waals surface area contributed by atoms with Crippen LogP contribution in [0.25, 0.3) is 0 Å². The molecule has 90 valence electrons. The molecule has 2 heteroatoms. The second kappa shape index (κ2) is 5.83. The van der Waals surface area contributed by atoms with Crippen molar-refractivity contribution >= 4 is 11.3 Å². The van der Waals surface area contributed by atoms with Crippen LogP contribution in [0.1, 0.15) is 50.4 Å². The largest absolute Gasteiger partial charge is 0.309 e. The van der Waals surface area contributed by atoms with E-state index in [4.69, 9.17) is 0 Å². The van der Waals surface area contributed by atoms with Crippen molar-refractivity contribution in [3.05, 3.63) is 22.4 Å². The SMILES string of the molecule is CC(NCC1CCCCC1C)c1cccs1. The van der Waals surface area contributed by atoms with E-state index in [0.29, 0.717) is 6.04 Å². The summed E-state index contributed by atoms with van der Waals surface area (Å²) in [5.74, 6) is 1.81. The molecule has 1 aromatic heterocycles. The van der Waals surface area contributed by atoms with Crippen molar-refractivity contribution in [3.63, 3.8) is 0 Å². The summed E-state index contributed by atoms with van der Waals surface area (Å²) in [6, 6.07) is 4.89. The zero-order chi connectivity index (χ0) is 11.4. The Morgan fingerprint density at radius 2 is 2.25 bits per heavy atom. The van der Waals surface area contributed by atoms with Crippen molar-refractivity contribution in [2.45, 2.75) is 45.6 Å². The number of rotatable bonds is 4. The molecule has 3 atom stereocenters. The summed E-state index contributed by atoms with van der Waals surface area (Å²) in [5, 5.41) is 5.86. The molecule has 0 radical (unpaired) electrons. The minimum absolute atomic E-state index is 0.522. The molecular weight excluding hydrogens is 214 g/mol. The monoisotopic (exact) mass is 237 g/mol. The van der Waals surface area contributed by atoms with E-state index in [0.717, 1.165) is 11.8 Å². The number of hydrogen-bond donors (Lipinski definition) is 1. The van der Waals surface area contributed by atoms with Gasteiger partial charge in [-0.1, -0.05) is 32.3 Å². The summed E-state index contributed by atoms with van der Waals surface area (Å²) >= 11 is 1.86. The summed E-state index contributed by atoms with van der Waals surface area (Å²) < 4.78 is 0. The molecule has 1 heterocycles. The van der Waals surface area contributed by atoms with Crippen molar-refractivity contribution in [2.75, 3.05) is 6.54 Å². The highest BCUT2D eigenvalue weighted by molar-refractivity contribution is 7.10. The third kappa shape index (κ3) is 3.08. The zero-order valence-electron chi connectivity index (χ0n) is 10.4. The van der Waals surface area contributed by atoms with Gasteiger partial charge in [0.2, 0.25) is 0 Å². The lowest BCUT2D eigenvalue weighted by Crippen LogP contribution is -2.30. The van der Waals surface area contributed by atoms with Crippen LogP contribution in [0.2, 0.25) is 0 Å². The molecule has 1 nitrogen and oxygen atoms in total. The third-order valence-corrected chi connectivity index (χ3v) is 5.00. The lowest BCUT2D eigenvalue weighted by Gasteiger charge is -2.30. The summed E-state index contributed by atoms with van der Waals surface area (Å²) in [4.78, 5) is 1.46. The fourth-order valence-corrected chi connectivity index (χ4v) is 3.42. The predicted molar refractivity (Wildman–Crippen MR) is 71.9 cm³/mol. The molecule has 1 saturated carbocycles. The second-order valence-electron chi connectivity index (χ2n) is 5.17. The van der Waals surface area contributed by atoms with Crippen LogP contribution >= 0.6 is 11.3 Å². The molecule has 2 rings (SSSR count). The van der Waals surface area contributed by atoms with Crippen molar-refractivity contribution < 1.29 is 0 Å². The molecule has 1 aliphatic carbocycles. The molecule has 1 aromatic rings. The van der Waals surface area contributed by atoms with Gasteiger partial charge in [0.25, 0.3) is 0 Å². The summed E-state index contributed by atoms with van der Waals surface area (Å²) in [6.07, 6.45) is 5.73. The van der Waals surface area contributed by atoms with E-state index in [9.17, 15) is 0 Å². The van der Waals surface area contributed by atoms with Gasteiger partial charge >= 0.3 is 0 Å². The molecule has 3 unspecified atom stereocenters. The fourth-order valence-electron chi connectivity index (χ4n) is 2.66. The summed E-state index contributed by atoms with van der Waals surface area (Å²) in [5.41, 5.74) is 0. The first-order chi connectivity index (χ1) is 7.77. The van der Waals surface area contributed by atoms with Crippen LogP contribution in [-0.2, 0) is 0 Å². The number of nitrogens with one attached hydrogen (secondary N) is 1. The second-order valence-corrected chi connectivity index (χ2v) is 6.15. The Kier molecular flexibility index (Phi) is 4.42. The van der Waals surface area contributed by atoms with Gasteiger partial charge in [0.1, 0.15) is 0 Å². The predicted octanol–water partition coefficient (Wildman–Crippen LogP) is 4.23. The van der Waals surface area contributed by atoms with Crippen LogP contribution in [0.5, 0.6) is 0 Å². The number of hydrogen-bond acceptors (Lipinski definition) is 2. The first-order valence-electron chi connectivity index (χ1n) is 6.54. The van der Waals surface area contributed by atoms with E-state index >= 15 is 0 Å². The highest BCUT2D eigenvalue weighted by Gasteiger charge is 2.21. The molecule has 1 fully saturated rings. The Labute approximate surface area is 103 Å². The van der Waals surface area contributed by atoms with E-state index in [1.807, 2.05) is 11.3 Å². The highest BCUT2D eigenvalue weighted by atomic mass is 32.1. The molecule has 0 bridgehead atoms. The molecule has 1 aliphatic rings. The maximum Gasteiger partial charge on any atom is 0.0386 e. The van der Waals surface area contributed by atoms with Crippen LogP contribution in [0.4, 0.5) is 0 Å². The van der Waals surface area contributed by atoms with Crippen molar-refractivity contribution in [3.8, 4) is 0 Å². The average molecular weight is 237 g/mol. The van der Waals surface area contributed by atoms with E-state index in [1.54, 1.807) is 0 Å². The molecule has 0 aliphatic heterocycles. The van der Waals surface area contributed by atoms with Gasteiger partial charge in [0.15, 0.2) is 0 Å². The maximum atomic E-state index is 3.70. The Morgan fingerprint density at radius 1 is 1.44 bits per heavy atom. The molecular formula is C14H23NS. The smallest absolute Gasteiger partial charge is 0.0386 e. The molecule has 0 saturated heterocycles. The quantitative estimate of drug-likeness (QED) is 0.826. The highest BCUT2D eigenvalue weighted by Crippen LogP contribution is 2.29. The Balaban J connectivity index is 1.78. The normalized spacial score (nSPS) is 27.9. The minimum Gasteiger partial charge on any atom is -0.309 e. The summed E-state index contributed by atoms with van der Waals surface area (Å²) in [7, 11) is 0. The van der Waals surface area contributed by atoms with E-state index < -0.39 is 0 Å². The van der Waals surface area contributed by atoms with E-state index in [-0.39, 0.29) is 0 Å². The lowest BCUT2D eigenvalue weighted by atomic mass is 9.80. The van der Waals surface area contributed by atoms with E-state index in [1.165, 1.54) is 37.1 Å². The first-order valence-corrected chi connectivity index (χ1v) is 7.42. The van der Waals surface area contributed by atoms with Crippen molar-refractivity contribution in [1.82, 2.24) is 5.32 Å². The molecule has 1 N–H and O–H groups in total. The van der Waals surface area contributed by atoms with Gasteiger partial charge in [-0.25, -0.2) is 0 Å². The average Bonchev–Trinajstić information content (AvgIpc) is 2.81. The zero-order valence-corrected chi connectivity index (χ0v) is 11.2. The maximum absolute atomic E-state index is 3.70. The Morgan fingerprint density at radius 3 is 2.94 bits per heavy atom. The van der Waals surface area contributed by atoms with Gasteiger partial charge in [-0.3, -0.25) is 0 Å². The van der Waals surface area contributed by atoms with Crippen LogP contribution in [-0.4, -0.2) is 6.54 Å². The fraction of sp³-hybridized carbons (Fsp3) is 0.714. The van der Waals surface area contributed by atoms with Gasteiger partial charge in [0, 0.05) is 10.9 Å². The van der Waals surface area contributed by atoms with Gasteiger partial charge in [-0.15, -0.1) is 11.3 Å². The molecule has 16 heavy (non-hydrogen) atoms. The Hall–Kier alpha value is -0.340. The van der Waals surface area contributed by atoms with Crippen LogP contribution in [0.15, 0.2) is 17.5 Å². The molecule has 0 aromatic carbocycles. The van der Waals surface area contributed by atoms with Crippen LogP contribution < -0.4 is 5.32 Å². The van der Waals surface area contributed by atoms with Crippen molar-refractivity contribution in [2.24, 2.45) is 11.8 Å². The molecule has 0 spiro atoms. The van der Waals surface area contributed by atoms with Crippen LogP contribution in [0.3, 0.4) is 0 Å². The summed E-state index contributed by atoms with van der Waals surface area (Å²) in [6.45, 7) is 5.89. The topological polar surface area (TPSA) is 12.0 Å². The van der Waals surface area contributed by atoms with Gasteiger partial charge in [-0.2, -0.15) is 0 Å². The van der Waals surface area contributed by atoms with Gasteiger partial charge in [-0.05, 0) is 43.2 Å².